The lowest BCUT2D eigenvalue weighted by Gasteiger charge is -2.15. The van der Waals surface area contributed by atoms with Crippen molar-refractivity contribution in [3.05, 3.63) is 17.7 Å². The fourth-order valence-electron chi connectivity index (χ4n) is 2.92. The predicted octanol–water partition coefficient (Wildman–Crippen LogP) is 3.00. The van der Waals surface area contributed by atoms with Crippen LogP contribution in [0.25, 0.3) is 0 Å². The molecule has 1 aliphatic rings. The van der Waals surface area contributed by atoms with Crippen LogP contribution in [0.1, 0.15) is 44.1 Å². The molecule has 0 heterocycles. The van der Waals surface area contributed by atoms with Gasteiger partial charge in [0.2, 0.25) is 11.7 Å². The smallest absolute Gasteiger partial charge is 0.223 e. The molecule has 0 aromatic heterocycles. The second-order valence-electron chi connectivity index (χ2n) is 5.76. The normalized spacial score (nSPS) is 15.9. The van der Waals surface area contributed by atoms with Gasteiger partial charge >= 0.3 is 0 Å². The molecule has 0 saturated heterocycles. The molecule has 5 nitrogen and oxygen atoms in total. The summed E-state index contributed by atoms with van der Waals surface area (Å²) in [5.74, 6) is 0.913. The van der Waals surface area contributed by atoms with E-state index in [1.807, 2.05) is 0 Å². The molecule has 22 heavy (non-hydrogen) atoms. The number of phenolic OH excluding ortho intramolecular Hbond substituents is 1. The van der Waals surface area contributed by atoms with Crippen molar-refractivity contribution in [1.82, 2.24) is 5.32 Å². The monoisotopic (exact) mass is 307 g/mol. The first kappa shape index (κ1) is 16.5. The number of hydrogen-bond donors (Lipinski definition) is 2. The Morgan fingerprint density at radius 1 is 1.14 bits per heavy atom. The molecule has 1 aromatic rings. The Morgan fingerprint density at radius 2 is 1.68 bits per heavy atom. The van der Waals surface area contributed by atoms with Crippen LogP contribution in [-0.2, 0) is 11.3 Å². The molecule has 0 aliphatic heterocycles. The zero-order valence-electron chi connectivity index (χ0n) is 13.4. The fourth-order valence-corrected chi connectivity index (χ4v) is 2.92. The van der Waals surface area contributed by atoms with Gasteiger partial charge in [-0.25, -0.2) is 0 Å². The van der Waals surface area contributed by atoms with E-state index in [1.54, 1.807) is 12.1 Å². The van der Waals surface area contributed by atoms with Crippen molar-refractivity contribution < 1.29 is 19.4 Å². The molecular weight excluding hydrogens is 282 g/mol. The average molecular weight is 307 g/mol. The van der Waals surface area contributed by atoms with E-state index in [4.69, 9.17) is 9.47 Å². The number of amides is 1. The summed E-state index contributed by atoms with van der Waals surface area (Å²) in [7, 11) is 2.98. The second-order valence-corrected chi connectivity index (χ2v) is 5.76. The summed E-state index contributed by atoms with van der Waals surface area (Å²) in [5.41, 5.74) is 0.841. The Bertz CT molecular complexity index is 482. The van der Waals surface area contributed by atoms with Gasteiger partial charge in [-0.3, -0.25) is 4.79 Å². The van der Waals surface area contributed by atoms with Crippen LogP contribution in [0.3, 0.4) is 0 Å². The largest absolute Gasteiger partial charge is 0.502 e. The maximum absolute atomic E-state index is 12.3. The highest BCUT2D eigenvalue weighted by molar-refractivity contribution is 5.78. The molecule has 0 spiro atoms. The highest BCUT2D eigenvalue weighted by Gasteiger charge is 2.20. The number of nitrogens with one attached hydrogen (secondary N) is 1. The molecule has 5 heteroatoms. The van der Waals surface area contributed by atoms with Crippen molar-refractivity contribution in [2.75, 3.05) is 14.2 Å². The quantitative estimate of drug-likeness (QED) is 0.821. The molecule has 0 unspecified atom stereocenters. The number of hydrogen-bond acceptors (Lipinski definition) is 4. The Balaban J connectivity index is 1.99. The van der Waals surface area contributed by atoms with Gasteiger partial charge < -0.3 is 19.9 Å². The molecule has 1 aliphatic carbocycles. The standard InChI is InChI=1S/C17H25NO4/c1-21-14-9-12(10-15(22-2)16(14)19)11-18-17(20)13-7-5-3-4-6-8-13/h9-10,13,19H,3-8,11H2,1-2H3,(H,18,20). The van der Waals surface area contributed by atoms with Crippen LogP contribution in [0.5, 0.6) is 17.2 Å². The summed E-state index contributed by atoms with van der Waals surface area (Å²) in [6.45, 7) is 0.405. The van der Waals surface area contributed by atoms with Crippen LogP contribution in [0.2, 0.25) is 0 Å². The van der Waals surface area contributed by atoms with Crippen LogP contribution < -0.4 is 14.8 Å². The van der Waals surface area contributed by atoms with Crippen molar-refractivity contribution in [2.24, 2.45) is 5.92 Å². The summed E-state index contributed by atoms with van der Waals surface area (Å²) in [6, 6.07) is 3.43. The molecule has 1 amide bonds. The zero-order valence-corrected chi connectivity index (χ0v) is 13.4. The van der Waals surface area contributed by atoms with Gasteiger partial charge in [0.1, 0.15) is 0 Å². The molecule has 2 rings (SSSR count). The van der Waals surface area contributed by atoms with Crippen molar-refractivity contribution in [2.45, 2.75) is 45.1 Å². The lowest BCUT2D eigenvalue weighted by atomic mass is 9.99. The van der Waals surface area contributed by atoms with Crippen LogP contribution >= 0.6 is 0 Å². The highest BCUT2D eigenvalue weighted by atomic mass is 16.5. The molecule has 1 fully saturated rings. The summed E-state index contributed by atoms with van der Waals surface area (Å²) in [5, 5.41) is 12.9. The van der Waals surface area contributed by atoms with Gasteiger partial charge in [0.25, 0.3) is 0 Å². The third kappa shape index (κ3) is 4.06. The number of carbonyl (C=O) groups is 1. The van der Waals surface area contributed by atoms with Crippen molar-refractivity contribution in [3.8, 4) is 17.2 Å². The molecule has 122 valence electrons. The molecule has 0 radical (unpaired) electrons. The van der Waals surface area contributed by atoms with Crippen LogP contribution in [-0.4, -0.2) is 25.2 Å². The van der Waals surface area contributed by atoms with Crippen LogP contribution in [0.15, 0.2) is 12.1 Å². The second kappa shape index (κ2) is 7.92. The van der Waals surface area contributed by atoms with E-state index in [1.165, 1.54) is 27.1 Å². The van der Waals surface area contributed by atoms with Crippen LogP contribution in [0.4, 0.5) is 0 Å². The van der Waals surface area contributed by atoms with Gasteiger partial charge in [-0.2, -0.15) is 0 Å². The summed E-state index contributed by atoms with van der Waals surface area (Å²) >= 11 is 0. The topological polar surface area (TPSA) is 67.8 Å². The van der Waals surface area contributed by atoms with E-state index in [9.17, 15) is 9.90 Å². The SMILES string of the molecule is COc1cc(CNC(=O)C2CCCCCC2)cc(OC)c1O. The maximum Gasteiger partial charge on any atom is 0.223 e. The van der Waals surface area contributed by atoms with E-state index in [2.05, 4.69) is 5.32 Å². The first-order valence-corrected chi connectivity index (χ1v) is 7.87. The van der Waals surface area contributed by atoms with Gasteiger partial charge in [0.15, 0.2) is 11.5 Å². The molecular formula is C17H25NO4. The molecule has 0 bridgehead atoms. The van der Waals surface area contributed by atoms with E-state index >= 15 is 0 Å². The zero-order chi connectivity index (χ0) is 15.9. The van der Waals surface area contributed by atoms with E-state index in [0.29, 0.717) is 18.0 Å². The third-order valence-electron chi connectivity index (χ3n) is 4.23. The van der Waals surface area contributed by atoms with Crippen LogP contribution in [0, 0.1) is 5.92 Å². The summed E-state index contributed by atoms with van der Waals surface area (Å²) in [6.07, 6.45) is 6.70. The van der Waals surface area contributed by atoms with Gasteiger partial charge in [-0.05, 0) is 30.5 Å². The average Bonchev–Trinajstić information content (AvgIpc) is 2.82. The minimum Gasteiger partial charge on any atom is -0.502 e. The number of methoxy groups -OCH3 is 2. The summed E-state index contributed by atoms with van der Waals surface area (Å²) < 4.78 is 10.3. The molecule has 1 saturated carbocycles. The Labute approximate surface area is 131 Å². The van der Waals surface area contributed by atoms with E-state index in [-0.39, 0.29) is 17.6 Å². The molecule has 1 aromatic carbocycles. The van der Waals surface area contributed by atoms with Crippen molar-refractivity contribution in [1.29, 1.82) is 0 Å². The third-order valence-corrected chi connectivity index (χ3v) is 4.23. The fraction of sp³-hybridized carbons (Fsp3) is 0.588. The van der Waals surface area contributed by atoms with Crippen molar-refractivity contribution in [3.63, 3.8) is 0 Å². The van der Waals surface area contributed by atoms with Gasteiger partial charge in [-0.15, -0.1) is 0 Å². The highest BCUT2D eigenvalue weighted by Crippen LogP contribution is 2.37. The predicted molar refractivity (Wildman–Crippen MR) is 84.2 cm³/mol. The van der Waals surface area contributed by atoms with Gasteiger partial charge in [0, 0.05) is 12.5 Å². The number of aromatic hydroxyl groups is 1. The first-order valence-electron chi connectivity index (χ1n) is 7.87. The number of benzene rings is 1. The number of phenols is 1. The van der Waals surface area contributed by atoms with E-state index in [0.717, 1.165) is 31.2 Å². The Morgan fingerprint density at radius 3 is 2.18 bits per heavy atom. The lowest BCUT2D eigenvalue weighted by molar-refractivity contribution is -0.125. The van der Waals surface area contributed by atoms with Gasteiger partial charge in [0.05, 0.1) is 14.2 Å². The Hall–Kier alpha value is -1.91. The number of rotatable bonds is 5. The van der Waals surface area contributed by atoms with Crippen molar-refractivity contribution >= 4 is 5.91 Å². The molecule has 2 N–H and O–H groups in total. The van der Waals surface area contributed by atoms with E-state index < -0.39 is 0 Å². The molecule has 0 atom stereocenters. The lowest BCUT2D eigenvalue weighted by Crippen LogP contribution is -2.30. The Kier molecular flexibility index (Phi) is 5.92. The number of carbonyl (C=O) groups excluding carboxylic acids is 1. The minimum absolute atomic E-state index is 0.0242. The minimum atomic E-state index is -0.0242. The maximum atomic E-state index is 12.3. The summed E-state index contributed by atoms with van der Waals surface area (Å²) in [4.78, 5) is 12.3. The van der Waals surface area contributed by atoms with Gasteiger partial charge in [-0.1, -0.05) is 25.7 Å². The first-order chi connectivity index (χ1) is 10.7. The number of ether oxygens (including phenoxy) is 2.